The number of pyridine rings is 1. The maximum atomic E-state index is 12.7. The quantitative estimate of drug-likeness (QED) is 0.548. The summed E-state index contributed by atoms with van der Waals surface area (Å²) < 4.78 is 63.5. The first-order chi connectivity index (χ1) is 17.6. The van der Waals surface area contributed by atoms with Gasteiger partial charge in [-0.2, -0.15) is 26.3 Å². The van der Waals surface area contributed by atoms with Crippen molar-refractivity contribution >= 4 is 17.8 Å². The molecular formula is C24H25F6N3O5. The molecular weight excluding hydrogens is 524 g/mol. The summed E-state index contributed by atoms with van der Waals surface area (Å²) in [4.78, 5) is 39.5. The lowest BCUT2D eigenvalue weighted by Crippen LogP contribution is -2.38. The van der Waals surface area contributed by atoms with E-state index in [0.717, 1.165) is 25.2 Å². The van der Waals surface area contributed by atoms with E-state index in [2.05, 4.69) is 39.9 Å². The zero-order valence-electron chi connectivity index (χ0n) is 20.0. The van der Waals surface area contributed by atoms with E-state index in [9.17, 15) is 31.1 Å². The van der Waals surface area contributed by atoms with Gasteiger partial charge in [-0.1, -0.05) is 36.4 Å². The summed E-state index contributed by atoms with van der Waals surface area (Å²) in [5, 5.41) is 14.2. The molecule has 1 aromatic carbocycles. The number of hydrogen-bond donors (Lipinski definition) is 2. The van der Waals surface area contributed by atoms with E-state index in [-0.39, 0.29) is 11.9 Å². The molecule has 0 bridgehead atoms. The fourth-order valence-corrected chi connectivity index (χ4v) is 4.25. The summed E-state index contributed by atoms with van der Waals surface area (Å²) in [5.41, 5.74) is 2.30. The highest BCUT2D eigenvalue weighted by atomic mass is 19.4. The monoisotopic (exact) mass is 549 g/mol. The molecule has 0 spiro atoms. The Morgan fingerprint density at radius 1 is 0.947 bits per heavy atom. The first-order valence-corrected chi connectivity index (χ1v) is 11.2. The molecule has 0 saturated carbocycles. The topological polar surface area (TPSA) is 111 Å². The first-order valence-electron chi connectivity index (χ1n) is 11.2. The number of carboxylic acid groups (broad SMARTS) is 2. The third-order valence-electron chi connectivity index (χ3n) is 5.93. The summed E-state index contributed by atoms with van der Waals surface area (Å²) >= 11 is 0. The minimum atomic E-state index is -5.08. The zero-order valence-corrected chi connectivity index (χ0v) is 20.0. The number of carbonyl (C=O) groups is 3. The molecule has 38 heavy (non-hydrogen) atoms. The van der Waals surface area contributed by atoms with Crippen molar-refractivity contribution in [3.05, 3.63) is 66.0 Å². The van der Waals surface area contributed by atoms with Crippen LogP contribution in [0.2, 0.25) is 0 Å². The fourth-order valence-electron chi connectivity index (χ4n) is 4.25. The fraction of sp³-hybridized carbons (Fsp3) is 0.417. The maximum absolute atomic E-state index is 12.7. The molecule has 2 N–H and O–H groups in total. The second kappa shape index (κ2) is 12.7. The van der Waals surface area contributed by atoms with Gasteiger partial charge in [0.1, 0.15) is 0 Å². The smallest absolute Gasteiger partial charge is 0.475 e. The molecule has 2 fully saturated rings. The van der Waals surface area contributed by atoms with Crippen molar-refractivity contribution in [2.24, 2.45) is 0 Å². The molecule has 2 aliphatic heterocycles. The zero-order chi connectivity index (χ0) is 28.7. The predicted octanol–water partition coefficient (Wildman–Crippen LogP) is 4.28. The largest absolute Gasteiger partial charge is 0.490 e. The van der Waals surface area contributed by atoms with E-state index in [4.69, 9.17) is 19.8 Å². The minimum absolute atomic E-state index is 0.142. The Morgan fingerprint density at radius 3 is 1.95 bits per heavy atom. The lowest BCUT2D eigenvalue weighted by atomic mass is 10.0. The van der Waals surface area contributed by atoms with Gasteiger partial charge < -0.3 is 15.1 Å². The highest BCUT2D eigenvalue weighted by Crippen LogP contribution is 2.38. The van der Waals surface area contributed by atoms with E-state index in [1.807, 2.05) is 36.5 Å². The van der Waals surface area contributed by atoms with Crippen molar-refractivity contribution < 1.29 is 50.9 Å². The highest BCUT2D eigenvalue weighted by molar-refractivity contribution is 5.81. The van der Waals surface area contributed by atoms with E-state index >= 15 is 0 Å². The van der Waals surface area contributed by atoms with Crippen LogP contribution in [0.3, 0.4) is 0 Å². The Morgan fingerprint density at radius 2 is 1.47 bits per heavy atom. The van der Waals surface area contributed by atoms with E-state index in [1.54, 1.807) is 0 Å². The molecule has 0 radical (unpaired) electrons. The van der Waals surface area contributed by atoms with Gasteiger partial charge >= 0.3 is 24.3 Å². The molecule has 1 aromatic heterocycles. The average molecular weight is 549 g/mol. The van der Waals surface area contributed by atoms with E-state index in [0.29, 0.717) is 18.5 Å². The van der Waals surface area contributed by atoms with Crippen molar-refractivity contribution in [2.75, 3.05) is 6.54 Å². The third-order valence-corrected chi connectivity index (χ3v) is 5.93. The average Bonchev–Trinajstić information content (AvgIpc) is 3.37. The molecule has 3 heterocycles. The number of rotatable bonds is 4. The number of hydrogen-bond acceptors (Lipinski definition) is 5. The molecule has 2 saturated heterocycles. The van der Waals surface area contributed by atoms with Crippen LogP contribution in [0.5, 0.6) is 0 Å². The Balaban J connectivity index is 0.000000301. The number of aliphatic carboxylic acids is 2. The molecule has 14 heteroatoms. The number of fused-ring (bicyclic) bond motifs is 1. The van der Waals surface area contributed by atoms with Crippen LogP contribution in [-0.2, 0) is 20.9 Å². The van der Waals surface area contributed by atoms with E-state index in [1.165, 1.54) is 5.56 Å². The molecule has 3 atom stereocenters. The number of benzene rings is 1. The van der Waals surface area contributed by atoms with Crippen molar-refractivity contribution in [1.82, 2.24) is 14.8 Å². The van der Waals surface area contributed by atoms with Gasteiger partial charge in [-0.05, 0) is 31.0 Å². The van der Waals surface area contributed by atoms with Crippen LogP contribution in [0.15, 0.2) is 54.7 Å². The van der Waals surface area contributed by atoms with Gasteiger partial charge in [0, 0.05) is 37.8 Å². The van der Waals surface area contributed by atoms with Crippen molar-refractivity contribution in [1.29, 1.82) is 0 Å². The third kappa shape index (κ3) is 8.43. The Kier molecular flexibility index (Phi) is 10.2. The number of carbonyl (C=O) groups excluding carboxylic acids is 1. The SMILES string of the molecule is CC(c1ccccc1)N1C(=O)C[C@H]2[C@@H]1CCN2Cc1ccccn1.O=C(O)C(F)(F)F.O=C(O)C(F)(F)F. The van der Waals surface area contributed by atoms with Gasteiger partial charge in [0.2, 0.25) is 5.91 Å². The molecule has 8 nitrogen and oxygen atoms in total. The summed E-state index contributed by atoms with van der Waals surface area (Å²) in [5.74, 6) is -5.23. The standard InChI is InChI=1S/C20H23N3O.2C2HF3O2/c1-15(16-7-3-2-4-8-16)23-18-10-12-22(19(18)13-20(23)24)14-17-9-5-6-11-21-17;2*3-2(4,5)1(6)7/h2-9,11,15,18-19H,10,12-14H2,1H3;2*(H,6,7)/t15?,18-,19-;;/m0../s1. The summed E-state index contributed by atoms with van der Waals surface area (Å²) in [6.07, 6.45) is -6.64. The number of amides is 1. The molecule has 4 rings (SSSR count). The van der Waals surface area contributed by atoms with E-state index < -0.39 is 24.3 Å². The van der Waals surface area contributed by atoms with Crippen LogP contribution >= 0.6 is 0 Å². The van der Waals surface area contributed by atoms with Gasteiger partial charge in [0.05, 0.1) is 11.7 Å². The first kappa shape index (κ1) is 30.5. The summed E-state index contributed by atoms with van der Waals surface area (Å²) in [7, 11) is 0. The number of alkyl halides is 6. The highest BCUT2D eigenvalue weighted by Gasteiger charge is 2.48. The number of halogens is 6. The van der Waals surface area contributed by atoms with Crippen LogP contribution in [0.1, 0.15) is 37.1 Å². The number of nitrogens with zero attached hydrogens (tertiary/aromatic N) is 3. The minimum Gasteiger partial charge on any atom is -0.475 e. The van der Waals surface area contributed by atoms with Gasteiger partial charge in [0.25, 0.3) is 0 Å². The predicted molar refractivity (Wildman–Crippen MR) is 121 cm³/mol. The maximum Gasteiger partial charge on any atom is 0.490 e. The molecule has 2 aliphatic rings. The second-order valence-corrected chi connectivity index (χ2v) is 8.41. The van der Waals surface area contributed by atoms with Gasteiger partial charge in [-0.15, -0.1) is 0 Å². The Bertz CT molecular complexity index is 1060. The molecule has 2 aromatic rings. The van der Waals surface area contributed by atoms with Crippen LogP contribution < -0.4 is 0 Å². The van der Waals surface area contributed by atoms with Gasteiger partial charge in [0.15, 0.2) is 0 Å². The van der Waals surface area contributed by atoms with Gasteiger partial charge in [-0.25, -0.2) is 9.59 Å². The Labute approximate surface area is 213 Å². The van der Waals surface area contributed by atoms with Crippen molar-refractivity contribution in [2.45, 2.75) is 56.8 Å². The molecule has 1 amide bonds. The lowest BCUT2D eigenvalue weighted by molar-refractivity contribution is -0.193. The van der Waals surface area contributed by atoms with Crippen molar-refractivity contribution in [3.8, 4) is 0 Å². The van der Waals surface area contributed by atoms with Crippen LogP contribution in [-0.4, -0.2) is 73.8 Å². The normalized spacial score (nSPS) is 20.0. The number of aromatic nitrogens is 1. The lowest BCUT2D eigenvalue weighted by Gasteiger charge is -2.31. The van der Waals surface area contributed by atoms with Crippen molar-refractivity contribution in [3.63, 3.8) is 0 Å². The van der Waals surface area contributed by atoms with Gasteiger partial charge in [-0.3, -0.25) is 14.7 Å². The molecule has 0 aliphatic carbocycles. The Hall–Kier alpha value is -3.68. The second-order valence-electron chi connectivity index (χ2n) is 8.41. The summed E-state index contributed by atoms with van der Waals surface area (Å²) in [6, 6.07) is 17.2. The van der Waals surface area contributed by atoms with Crippen LogP contribution in [0, 0.1) is 0 Å². The van der Waals surface area contributed by atoms with Crippen LogP contribution in [0.4, 0.5) is 26.3 Å². The summed E-state index contributed by atoms with van der Waals surface area (Å²) in [6.45, 7) is 4.02. The van der Waals surface area contributed by atoms with Crippen LogP contribution in [0.25, 0.3) is 0 Å². The number of carboxylic acids is 2. The number of likely N-dealkylation sites (tertiary alicyclic amines) is 2. The molecule has 1 unspecified atom stereocenters. The molecule has 208 valence electrons.